The molecule has 0 bridgehead atoms. The second-order valence-corrected chi connectivity index (χ2v) is 5.05. The smallest absolute Gasteiger partial charge is 0.221 e. The van der Waals surface area contributed by atoms with Crippen molar-refractivity contribution in [2.24, 2.45) is 0 Å². The SMILES string of the molecule is CN1CCOC(CNCCC(=O)NC2CC2)C1. The lowest BCUT2D eigenvalue weighted by Gasteiger charge is -2.30. The van der Waals surface area contributed by atoms with E-state index >= 15 is 0 Å². The van der Waals surface area contributed by atoms with Crippen molar-refractivity contribution in [1.82, 2.24) is 15.5 Å². The van der Waals surface area contributed by atoms with Gasteiger partial charge >= 0.3 is 0 Å². The molecule has 5 nitrogen and oxygen atoms in total. The van der Waals surface area contributed by atoms with Gasteiger partial charge in [-0.2, -0.15) is 0 Å². The Hall–Kier alpha value is -0.650. The second kappa shape index (κ2) is 6.33. The fourth-order valence-electron chi connectivity index (χ4n) is 1.98. The summed E-state index contributed by atoms with van der Waals surface area (Å²) < 4.78 is 5.63. The first-order valence-electron chi connectivity index (χ1n) is 6.54. The molecule has 1 atom stereocenters. The third kappa shape index (κ3) is 5.02. The van der Waals surface area contributed by atoms with E-state index in [1.54, 1.807) is 0 Å². The molecule has 1 amide bonds. The number of nitrogens with zero attached hydrogens (tertiary/aromatic N) is 1. The summed E-state index contributed by atoms with van der Waals surface area (Å²) in [5.41, 5.74) is 0. The van der Waals surface area contributed by atoms with Crippen molar-refractivity contribution in [1.29, 1.82) is 0 Å². The van der Waals surface area contributed by atoms with Crippen LogP contribution in [0.4, 0.5) is 0 Å². The van der Waals surface area contributed by atoms with Crippen LogP contribution in [0.15, 0.2) is 0 Å². The van der Waals surface area contributed by atoms with E-state index in [9.17, 15) is 4.79 Å². The molecule has 2 fully saturated rings. The Kier molecular flexibility index (Phi) is 4.76. The van der Waals surface area contributed by atoms with Gasteiger partial charge in [-0.15, -0.1) is 0 Å². The molecule has 0 aromatic heterocycles. The molecule has 0 spiro atoms. The molecule has 0 aromatic carbocycles. The topological polar surface area (TPSA) is 53.6 Å². The van der Waals surface area contributed by atoms with E-state index in [0.717, 1.165) is 45.6 Å². The standard InChI is InChI=1S/C12H23N3O2/c1-15-6-7-17-11(9-15)8-13-5-4-12(16)14-10-2-3-10/h10-11,13H,2-9H2,1H3,(H,14,16). The Bertz CT molecular complexity index is 256. The summed E-state index contributed by atoms with van der Waals surface area (Å²) in [6.07, 6.45) is 3.14. The third-order valence-corrected chi connectivity index (χ3v) is 3.19. The lowest BCUT2D eigenvalue weighted by atomic mass is 10.2. The van der Waals surface area contributed by atoms with Gasteiger partial charge in [0.15, 0.2) is 0 Å². The Morgan fingerprint density at radius 3 is 3.00 bits per heavy atom. The number of carbonyl (C=O) groups is 1. The van der Waals surface area contributed by atoms with Crippen LogP contribution in [0, 0.1) is 0 Å². The van der Waals surface area contributed by atoms with E-state index < -0.39 is 0 Å². The number of amides is 1. The summed E-state index contributed by atoms with van der Waals surface area (Å²) in [7, 11) is 2.11. The molecular weight excluding hydrogens is 218 g/mol. The van der Waals surface area contributed by atoms with Gasteiger partial charge in [-0.05, 0) is 19.9 Å². The number of rotatable bonds is 6. The van der Waals surface area contributed by atoms with E-state index in [4.69, 9.17) is 4.74 Å². The molecule has 1 aliphatic carbocycles. The summed E-state index contributed by atoms with van der Waals surface area (Å²) >= 11 is 0. The van der Waals surface area contributed by atoms with Crippen LogP contribution in [0.25, 0.3) is 0 Å². The van der Waals surface area contributed by atoms with Crippen molar-refractivity contribution in [2.45, 2.75) is 31.4 Å². The number of morpholine rings is 1. The quantitative estimate of drug-likeness (QED) is 0.620. The first-order chi connectivity index (χ1) is 8.24. The molecule has 1 aliphatic heterocycles. The van der Waals surface area contributed by atoms with Crippen molar-refractivity contribution >= 4 is 5.91 Å². The zero-order valence-corrected chi connectivity index (χ0v) is 10.6. The van der Waals surface area contributed by atoms with Crippen LogP contribution in [-0.4, -0.2) is 62.8 Å². The summed E-state index contributed by atoms with van der Waals surface area (Å²) in [6.45, 7) is 4.37. The largest absolute Gasteiger partial charge is 0.374 e. The summed E-state index contributed by atoms with van der Waals surface area (Å²) in [5, 5.41) is 6.27. The van der Waals surface area contributed by atoms with Gasteiger partial charge in [-0.3, -0.25) is 4.79 Å². The highest BCUT2D eigenvalue weighted by Crippen LogP contribution is 2.18. The Morgan fingerprint density at radius 1 is 1.47 bits per heavy atom. The molecule has 0 radical (unpaired) electrons. The highest BCUT2D eigenvalue weighted by atomic mass is 16.5. The van der Waals surface area contributed by atoms with Crippen molar-refractivity contribution in [3.63, 3.8) is 0 Å². The summed E-state index contributed by atoms with van der Waals surface area (Å²) in [5.74, 6) is 0.168. The van der Waals surface area contributed by atoms with Gasteiger partial charge < -0.3 is 20.3 Å². The van der Waals surface area contributed by atoms with Crippen molar-refractivity contribution in [2.75, 3.05) is 39.8 Å². The van der Waals surface area contributed by atoms with E-state index in [2.05, 4.69) is 22.6 Å². The predicted octanol–water partition coefficient (Wildman–Crippen LogP) is -0.425. The number of carbonyl (C=O) groups excluding carboxylic acids is 1. The normalized spacial score (nSPS) is 25.8. The molecule has 0 aromatic rings. The van der Waals surface area contributed by atoms with Crippen LogP contribution in [0.1, 0.15) is 19.3 Å². The average molecular weight is 241 g/mol. The van der Waals surface area contributed by atoms with Crippen molar-refractivity contribution in [3.05, 3.63) is 0 Å². The summed E-state index contributed by atoms with van der Waals surface area (Å²) in [4.78, 5) is 13.7. The fourth-order valence-corrected chi connectivity index (χ4v) is 1.98. The minimum absolute atomic E-state index is 0.168. The first kappa shape index (κ1) is 12.8. The Balaban J connectivity index is 1.48. The minimum Gasteiger partial charge on any atom is -0.374 e. The van der Waals surface area contributed by atoms with Gasteiger partial charge in [0.2, 0.25) is 5.91 Å². The van der Waals surface area contributed by atoms with Gasteiger partial charge in [0.05, 0.1) is 12.7 Å². The zero-order chi connectivity index (χ0) is 12.1. The zero-order valence-electron chi connectivity index (χ0n) is 10.6. The number of hydrogen-bond donors (Lipinski definition) is 2. The molecule has 5 heteroatoms. The van der Waals surface area contributed by atoms with E-state index in [1.807, 2.05) is 0 Å². The van der Waals surface area contributed by atoms with Gasteiger partial charge in [0.1, 0.15) is 0 Å². The molecule has 1 saturated carbocycles. The molecule has 98 valence electrons. The lowest BCUT2D eigenvalue weighted by molar-refractivity contribution is -0.121. The monoisotopic (exact) mass is 241 g/mol. The maximum absolute atomic E-state index is 11.4. The highest BCUT2D eigenvalue weighted by Gasteiger charge is 2.22. The molecule has 2 aliphatic rings. The second-order valence-electron chi connectivity index (χ2n) is 5.05. The van der Waals surface area contributed by atoms with Crippen molar-refractivity contribution < 1.29 is 9.53 Å². The minimum atomic E-state index is 0.168. The maximum Gasteiger partial charge on any atom is 0.221 e. The molecule has 1 heterocycles. The van der Waals surface area contributed by atoms with Crippen LogP contribution in [0.5, 0.6) is 0 Å². The molecule has 2 rings (SSSR count). The van der Waals surface area contributed by atoms with Crippen LogP contribution in [-0.2, 0) is 9.53 Å². The molecular formula is C12H23N3O2. The van der Waals surface area contributed by atoms with Crippen LogP contribution < -0.4 is 10.6 Å². The Labute approximate surface area is 103 Å². The van der Waals surface area contributed by atoms with E-state index in [0.29, 0.717) is 12.5 Å². The van der Waals surface area contributed by atoms with Gasteiger partial charge in [-0.1, -0.05) is 0 Å². The Morgan fingerprint density at radius 2 is 2.29 bits per heavy atom. The number of hydrogen-bond acceptors (Lipinski definition) is 4. The van der Waals surface area contributed by atoms with E-state index in [-0.39, 0.29) is 12.0 Å². The summed E-state index contributed by atoms with van der Waals surface area (Å²) in [6, 6.07) is 0.470. The van der Waals surface area contributed by atoms with Crippen molar-refractivity contribution in [3.8, 4) is 0 Å². The van der Waals surface area contributed by atoms with Crippen LogP contribution in [0.2, 0.25) is 0 Å². The third-order valence-electron chi connectivity index (χ3n) is 3.19. The van der Waals surface area contributed by atoms with Gasteiger partial charge in [0, 0.05) is 38.6 Å². The molecule has 1 saturated heterocycles. The van der Waals surface area contributed by atoms with Crippen LogP contribution in [0.3, 0.4) is 0 Å². The number of nitrogens with one attached hydrogen (secondary N) is 2. The average Bonchev–Trinajstić information content (AvgIpc) is 3.08. The molecule has 17 heavy (non-hydrogen) atoms. The van der Waals surface area contributed by atoms with Gasteiger partial charge in [0.25, 0.3) is 0 Å². The van der Waals surface area contributed by atoms with Crippen LogP contribution >= 0.6 is 0 Å². The first-order valence-corrected chi connectivity index (χ1v) is 6.54. The fraction of sp³-hybridized carbons (Fsp3) is 0.917. The van der Waals surface area contributed by atoms with E-state index in [1.165, 1.54) is 0 Å². The number of ether oxygens (including phenoxy) is 1. The molecule has 2 N–H and O–H groups in total. The lowest BCUT2D eigenvalue weighted by Crippen LogP contribution is -2.45. The molecule has 1 unspecified atom stereocenters. The highest BCUT2D eigenvalue weighted by molar-refractivity contribution is 5.76. The maximum atomic E-state index is 11.4. The number of likely N-dealkylation sites (N-methyl/N-ethyl adjacent to an activating group) is 1. The predicted molar refractivity (Wildman–Crippen MR) is 65.9 cm³/mol. The van der Waals surface area contributed by atoms with Gasteiger partial charge in [-0.25, -0.2) is 0 Å².